The number of carbonyl (C=O) groups excluding carboxylic acids is 1. The van der Waals surface area contributed by atoms with Crippen molar-refractivity contribution in [2.75, 3.05) is 7.11 Å². The molecular formula is C18H15Cl2NO2. The highest BCUT2D eigenvalue weighted by Gasteiger charge is 2.12. The Hall–Kier alpha value is -1.97. The average Bonchev–Trinajstić information content (AvgIpc) is 2.85. The van der Waals surface area contributed by atoms with Crippen LogP contribution in [0.1, 0.15) is 21.5 Å². The van der Waals surface area contributed by atoms with Gasteiger partial charge in [0.2, 0.25) is 0 Å². The molecule has 0 N–H and O–H groups in total. The molecule has 23 heavy (non-hydrogen) atoms. The fourth-order valence-electron chi connectivity index (χ4n) is 2.68. The van der Waals surface area contributed by atoms with Crippen molar-refractivity contribution < 1.29 is 9.53 Å². The SMILES string of the molecule is COC(=O)c1ccc2c(C)cn(Cc3ccc(Cl)cc3Cl)c2c1. The fraction of sp³-hybridized carbons (Fsp3) is 0.167. The molecular weight excluding hydrogens is 333 g/mol. The molecule has 0 radical (unpaired) electrons. The quantitative estimate of drug-likeness (QED) is 0.617. The molecule has 0 aliphatic heterocycles. The summed E-state index contributed by atoms with van der Waals surface area (Å²) >= 11 is 12.2. The van der Waals surface area contributed by atoms with Crippen molar-refractivity contribution in [3.05, 3.63) is 69.3 Å². The van der Waals surface area contributed by atoms with Gasteiger partial charge in [0, 0.05) is 33.7 Å². The van der Waals surface area contributed by atoms with E-state index in [4.69, 9.17) is 27.9 Å². The molecule has 118 valence electrons. The number of aromatic nitrogens is 1. The van der Waals surface area contributed by atoms with E-state index in [2.05, 4.69) is 10.8 Å². The van der Waals surface area contributed by atoms with Crippen molar-refractivity contribution in [2.24, 2.45) is 0 Å². The summed E-state index contributed by atoms with van der Waals surface area (Å²) in [6.45, 7) is 2.64. The number of aryl methyl sites for hydroxylation is 1. The maximum Gasteiger partial charge on any atom is 0.337 e. The number of hydrogen-bond donors (Lipinski definition) is 0. The van der Waals surface area contributed by atoms with Crippen molar-refractivity contribution in [1.82, 2.24) is 4.57 Å². The summed E-state index contributed by atoms with van der Waals surface area (Å²) in [4.78, 5) is 11.8. The van der Waals surface area contributed by atoms with Crippen LogP contribution in [-0.4, -0.2) is 17.6 Å². The number of esters is 1. The monoisotopic (exact) mass is 347 g/mol. The molecule has 3 nitrogen and oxygen atoms in total. The number of methoxy groups -OCH3 is 1. The van der Waals surface area contributed by atoms with Crippen molar-refractivity contribution in [2.45, 2.75) is 13.5 Å². The summed E-state index contributed by atoms with van der Waals surface area (Å²) in [5.74, 6) is -0.346. The molecule has 3 aromatic rings. The normalized spacial score (nSPS) is 11.0. The zero-order chi connectivity index (χ0) is 16.6. The third kappa shape index (κ3) is 3.07. The lowest BCUT2D eigenvalue weighted by atomic mass is 10.1. The lowest BCUT2D eigenvalue weighted by molar-refractivity contribution is 0.0601. The Morgan fingerprint density at radius 1 is 1.17 bits per heavy atom. The molecule has 3 rings (SSSR count). The van der Waals surface area contributed by atoms with Gasteiger partial charge in [-0.15, -0.1) is 0 Å². The second-order valence-electron chi connectivity index (χ2n) is 5.40. The van der Waals surface area contributed by atoms with Gasteiger partial charge >= 0.3 is 5.97 Å². The van der Waals surface area contributed by atoms with Crippen LogP contribution in [0.2, 0.25) is 10.0 Å². The molecule has 0 atom stereocenters. The third-order valence-electron chi connectivity index (χ3n) is 3.86. The molecule has 0 unspecified atom stereocenters. The Balaban J connectivity index is 2.07. The highest BCUT2D eigenvalue weighted by Crippen LogP contribution is 2.26. The van der Waals surface area contributed by atoms with E-state index in [0.717, 1.165) is 22.0 Å². The summed E-state index contributed by atoms with van der Waals surface area (Å²) in [6.07, 6.45) is 2.05. The number of hydrogen-bond acceptors (Lipinski definition) is 2. The Morgan fingerprint density at radius 2 is 1.96 bits per heavy atom. The van der Waals surface area contributed by atoms with Crippen LogP contribution >= 0.6 is 23.2 Å². The fourth-order valence-corrected chi connectivity index (χ4v) is 3.15. The minimum absolute atomic E-state index is 0.346. The lowest BCUT2D eigenvalue weighted by Crippen LogP contribution is -2.02. The smallest absolute Gasteiger partial charge is 0.337 e. The van der Waals surface area contributed by atoms with Crippen LogP contribution < -0.4 is 0 Å². The summed E-state index contributed by atoms with van der Waals surface area (Å²) in [5, 5.41) is 2.34. The van der Waals surface area contributed by atoms with Gasteiger partial charge in [0.1, 0.15) is 0 Å². The number of carbonyl (C=O) groups is 1. The molecule has 1 heterocycles. The van der Waals surface area contributed by atoms with Crippen LogP contribution in [0.15, 0.2) is 42.6 Å². The van der Waals surface area contributed by atoms with E-state index in [1.807, 2.05) is 31.2 Å². The number of rotatable bonds is 3. The molecule has 2 aromatic carbocycles. The average molecular weight is 348 g/mol. The first kappa shape index (κ1) is 15.9. The number of fused-ring (bicyclic) bond motifs is 1. The third-order valence-corrected chi connectivity index (χ3v) is 4.45. The predicted octanol–water partition coefficient (Wildman–Crippen LogP) is 5.09. The predicted molar refractivity (Wildman–Crippen MR) is 93.6 cm³/mol. The molecule has 0 bridgehead atoms. The van der Waals surface area contributed by atoms with Crippen molar-refractivity contribution in [3.8, 4) is 0 Å². The Kier molecular flexibility index (Phi) is 4.33. The van der Waals surface area contributed by atoms with E-state index in [-0.39, 0.29) is 5.97 Å². The number of halogens is 2. The van der Waals surface area contributed by atoms with E-state index in [1.165, 1.54) is 7.11 Å². The first-order chi connectivity index (χ1) is 11.0. The molecule has 0 amide bonds. The number of nitrogens with zero attached hydrogens (tertiary/aromatic N) is 1. The van der Waals surface area contributed by atoms with Crippen LogP contribution in [-0.2, 0) is 11.3 Å². The van der Waals surface area contributed by atoms with Gasteiger partial charge in [0.25, 0.3) is 0 Å². The zero-order valence-electron chi connectivity index (χ0n) is 12.8. The van der Waals surface area contributed by atoms with E-state index in [0.29, 0.717) is 22.2 Å². The van der Waals surface area contributed by atoms with E-state index >= 15 is 0 Å². The maximum absolute atomic E-state index is 11.8. The van der Waals surface area contributed by atoms with Gasteiger partial charge in [-0.25, -0.2) is 4.79 Å². The minimum atomic E-state index is -0.346. The van der Waals surface area contributed by atoms with Gasteiger partial charge in [0.15, 0.2) is 0 Å². The second kappa shape index (κ2) is 6.26. The van der Waals surface area contributed by atoms with Gasteiger partial charge in [0.05, 0.1) is 12.7 Å². The zero-order valence-corrected chi connectivity index (χ0v) is 14.3. The molecule has 0 saturated carbocycles. The van der Waals surface area contributed by atoms with E-state index in [9.17, 15) is 4.79 Å². The summed E-state index contributed by atoms with van der Waals surface area (Å²) in [5.41, 5.74) is 3.61. The molecule has 0 aliphatic carbocycles. The first-order valence-corrected chi connectivity index (χ1v) is 7.87. The standard InChI is InChI=1S/C18H15Cl2NO2/c1-11-9-21(10-13-3-5-14(19)8-16(13)20)17-7-12(18(22)23-2)4-6-15(11)17/h3-9H,10H2,1-2H3. The summed E-state index contributed by atoms with van der Waals surface area (Å²) in [6, 6.07) is 11.0. The Morgan fingerprint density at radius 3 is 2.65 bits per heavy atom. The molecule has 5 heteroatoms. The van der Waals surface area contributed by atoms with Crippen molar-refractivity contribution in [3.63, 3.8) is 0 Å². The van der Waals surface area contributed by atoms with Crippen molar-refractivity contribution in [1.29, 1.82) is 0 Å². The van der Waals surface area contributed by atoms with E-state index in [1.54, 1.807) is 12.1 Å². The van der Waals surface area contributed by atoms with Crippen LogP contribution in [0.5, 0.6) is 0 Å². The highest BCUT2D eigenvalue weighted by molar-refractivity contribution is 6.35. The number of benzene rings is 2. The summed E-state index contributed by atoms with van der Waals surface area (Å²) < 4.78 is 6.87. The van der Waals surface area contributed by atoms with Crippen LogP contribution in [0.25, 0.3) is 10.9 Å². The lowest BCUT2D eigenvalue weighted by Gasteiger charge is -2.09. The molecule has 0 fully saturated rings. The maximum atomic E-state index is 11.8. The van der Waals surface area contributed by atoms with Crippen LogP contribution in [0.3, 0.4) is 0 Å². The Labute approximate surface area is 144 Å². The molecule has 0 saturated heterocycles. The van der Waals surface area contributed by atoms with Crippen LogP contribution in [0.4, 0.5) is 0 Å². The van der Waals surface area contributed by atoms with Gasteiger partial charge in [-0.2, -0.15) is 0 Å². The minimum Gasteiger partial charge on any atom is -0.465 e. The molecule has 1 aromatic heterocycles. The second-order valence-corrected chi connectivity index (χ2v) is 6.24. The Bertz CT molecular complexity index is 899. The first-order valence-electron chi connectivity index (χ1n) is 7.11. The van der Waals surface area contributed by atoms with Gasteiger partial charge < -0.3 is 9.30 Å². The van der Waals surface area contributed by atoms with E-state index < -0.39 is 0 Å². The molecule has 0 aliphatic rings. The van der Waals surface area contributed by atoms with Crippen molar-refractivity contribution >= 4 is 40.1 Å². The largest absolute Gasteiger partial charge is 0.465 e. The van der Waals surface area contributed by atoms with Gasteiger partial charge in [-0.05, 0) is 42.3 Å². The number of ether oxygens (including phenoxy) is 1. The summed E-state index contributed by atoms with van der Waals surface area (Å²) in [7, 11) is 1.38. The highest BCUT2D eigenvalue weighted by atomic mass is 35.5. The molecule has 0 spiro atoms. The van der Waals surface area contributed by atoms with Gasteiger partial charge in [-0.3, -0.25) is 0 Å². The van der Waals surface area contributed by atoms with Crippen LogP contribution in [0, 0.1) is 6.92 Å². The topological polar surface area (TPSA) is 31.2 Å². The van der Waals surface area contributed by atoms with Gasteiger partial charge in [-0.1, -0.05) is 35.3 Å².